The second-order valence-electron chi connectivity index (χ2n) is 10.5. The van der Waals surface area contributed by atoms with Crippen molar-refractivity contribution in [2.75, 3.05) is 11.1 Å². The van der Waals surface area contributed by atoms with Gasteiger partial charge in [-0.2, -0.15) is 0 Å². The highest BCUT2D eigenvalue weighted by atomic mass is 19.1. The Hall–Kier alpha value is -3.36. The van der Waals surface area contributed by atoms with E-state index < -0.39 is 29.0 Å². The number of alkyl carbamates (subject to hydrolysis) is 1. The summed E-state index contributed by atoms with van der Waals surface area (Å²) in [7, 11) is 0. The molecule has 0 saturated heterocycles. The number of halogens is 1. The van der Waals surface area contributed by atoms with Crippen LogP contribution in [0.3, 0.4) is 0 Å². The Morgan fingerprint density at radius 3 is 2.31 bits per heavy atom. The van der Waals surface area contributed by atoms with Crippen LogP contribution in [0.25, 0.3) is 0 Å². The third-order valence-corrected chi connectivity index (χ3v) is 5.96. The molecule has 2 aromatic rings. The van der Waals surface area contributed by atoms with Gasteiger partial charge in [-0.3, -0.25) is 4.79 Å². The molecule has 5 N–H and O–H groups in total. The van der Waals surface area contributed by atoms with E-state index in [9.17, 15) is 9.59 Å². The van der Waals surface area contributed by atoms with Crippen molar-refractivity contribution in [3.8, 4) is 0 Å². The largest absolute Gasteiger partial charge is 0.444 e. The van der Waals surface area contributed by atoms with Crippen LogP contribution >= 0.6 is 0 Å². The molecule has 1 aliphatic carbocycles. The number of hydrogen-bond donors (Lipinski definition) is 4. The maximum Gasteiger partial charge on any atom is 0.407 e. The van der Waals surface area contributed by atoms with Crippen molar-refractivity contribution >= 4 is 23.6 Å². The maximum absolute atomic E-state index is 15.0. The van der Waals surface area contributed by atoms with Crippen molar-refractivity contribution in [1.82, 2.24) is 15.6 Å². The van der Waals surface area contributed by atoms with Crippen LogP contribution in [0.5, 0.6) is 0 Å². The number of nitrogens with two attached hydrogens (primary N) is 1. The first kappa shape index (κ1) is 26.2. The lowest BCUT2D eigenvalue weighted by Gasteiger charge is -2.34. The normalized spacial score (nSPS) is 18.5. The van der Waals surface area contributed by atoms with Crippen LogP contribution in [0.2, 0.25) is 0 Å². The number of anilines is 2. The predicted molar refractivity (Wildman–Crippen MR) is 135 cm³/mol. The minimum absolute atomic E-state index is 0.0378. The summed E-state index contributed by atoms with van der Waals surface area (Å²) in [5.74, 6) is -1.34. The number of aromatic nitrogens is 1. The van der Waals surface area contributed by atoms with E-state index in [2.05, 4.69) is 20.9 Å². The zero-order valence-corrected chi connectivity index (χ0v) is 21.1. The Morgan fingerprint density at radius 1 is 1.06 bits per heavy atom. The topological polar surface area (TPSA) is 118 Å². The molecule has 1 heterocycles. The summed E-state index contributed by atoms with van der Waals surface area (Å²) in [6, 6.07) is 10.1. The van der Waals surface area contributed by atoms with Crippen molar-refractivity contribution in [3.05, 3.63) is 53.3 Å². The van der Waals surface area contributed by atoms with Crippen LogP contribution in [0.1, 0.15) is 76.2 Å². The molecule has 35 heavy (non-hydrogen) atoms. The quantitative estimate of drug-likeness (QED) is 0.470. The van der Waals surface area contributed by atoms with E-state index in [1.807, 2.05) is 44.2 Å². The number of nitrogen functional groups attached to an aromatic ring is 1. The highest BCUT2D eigenvalue weighted by Gasteiger charge is 2.30. The molecule has 9 heteroatoms. The number of carbonyl (C=O) groups excluding carboxylic acids is 2. The molecule has 0 spiro atoms. The second-order valence-corrected chi connectivity index (χ2v) is 10.5. The van der Waals surface area contributed by atoms with Gasteiger partial charge in [0.05, 0.1) is 17.1 Å². The number of rotatable bonds is 6. The molecule has 1 saturated carbocycles. The fourth-order valence-electron chi connectivity index (χ4n) is 4.18. The van der Waals surface area contributed by atoms with E-state index >= 15 is 4.39 Å². The molecule has 2 amide bonds. The summed E-state index contributed by atoms with van der Waals surface area (Å²) in [5.41, 5.74) is 5.63. The number of nitrogens with one attached hydrogen (secondary N) is 3. The van der Waals surface area contributed by atoms with Crippen molar-refractivity contribution in [2.24, 2.45) is 0 Å². The lowest BCUT2D eigenvalue weighted by Crippen LogP contribution is -2.50. The van der Waals surface area contributed by atoms with E-state index in [1.54, 1.807) is 20.8 Å². The van der Waals surface area contributed by atoms with Crippen LogP contribution in [0.4, 0.5) is 20.8 Å². The van der Waals surface area contributed by atoms with E-state index in [0.29, 0.717) is 0 Å². The molecule has 1 fully saturated rings. The SMILES string of the molecule is CC(C)(C)OC(=O)N[C@H]1CCCC[C@H]1Nc1nc(N)c(C(=O)NC(C)(C)c2ccccc2)cc1F. The first-order valence-corrected chi connectivity index (χ1v) is 12.0. The number of hydrogen-bond acceptors (Lipinski definition) is 6. The number of amides is 2. The number of pyridine rings is 1. The minimum Gasteiger partial charge on any atom is -0.444 e. The van der Waals surface area contributed by atoms with Gasteiger partial charge in [0.25, 0.3) is 5.91 Å². The number of carbonyl (C=O) groups is 2. The summed E-state index contributed by atoms with van der Waals surface area (Å²) >= 11 is 0. The molecule has 0 unspecified atom stereocenters. The predicted octanol–water partition coefficient (Wildman–Crippen LogP) is 4.72. The molecule has 1 aliphatic rings. The van der Waals surface area contributed by atoms with Crippen LogP contribution in [0.15, 0.2) is 36.4 Å². The zero-order valence-electron chi connectivity index (χ0n) is 21.1. The second kappa shape index (κ2) is 10.5. The summed E-state index contributed by atoms with van der Waals surface area (Å²) in [6.07, 6.45) is 2.79. The lowest BCUT2D eigenvalue weighted by molar-refractivity contribution is 0.0488. The van der Waals surface area contributed by atoms with Gasteiger partial charge in [-0.05, 0) is 59.1 Å². The van der Waals surface area contributed by atoms with E-state index in [0.717, 1.165) is 37.3 Å². The molecule has 3 rings (SSSR count). The monoisotopic (exact) mass is 485 g/mol. The maximum atomic E-state index is 15.0. The van der Waals surface area contributed by atoms with Gasteiger partial charge in [-0.25, -0.2) is 14.2 Å². The number of benzene rings is 1. The first-order valence-electron chi connectivity index (χ1n) is 12.0. The minimum atomic E-state index is -0.694. The van der Waals surface area contributed by atoms with Gasteiger partial charge >= 0.3 is 6.09 Å². The Bertz CT molecular complexity index is 1050. The molecule has 1 aromatic carbocycles. The first-order chi connectivity index (χ1) is 16.4. The van der Waals surface area contributed by atoms with Gasteiger partial charge < -0.3 is 26.4 Å². The Kier molecular flexibility index (Phi) is 7.87. The fraction of sp³-hybridized carbons (Fsp3) is 0.500. The molecule has 2 atom stereocenters. The van der Waals surface area contributed by atoms with E-state index in [4.69, 9.17) is 10.5 Å². The standard InChI is InChI=1S/C26H36FN5O3/c1-25(2,3)35-24(34)30-20-14-10-9-13-19(20)29-22-18(27)15-17(21(28)31-22)23(33)32-26(4,5)16-11-7-6-8-12-16/h6-8,11-12,15,19-20H,9-10,13-14H2,1-5H3,(H,30,34)(H,32,33)(H3,28,29,31)/t19-,20+/m1/s1. The molecule has 1 aromatic heterocycles. The van der Waals surface area contributed by atoms with Crippen molar-refractivity contribution < 1.29 is 18.7 Å². The zero-order chi connectivity index (χ0) is 25.8. The average molecular weight is 486 g/mol. The molecule has 190 valence electrons. The fourth-order valence-corrected chi connectivity index (χ4v) is 4.18. The number of nitrogens with zero attached hydrogens (tertiary/aromatic N) is 1. The van der Waals surface area contributed by atoms with Crippen LogP contribution in [-0.4, -0.2) is 34.7 Å². The highest BCUT2D eigenvalue weighted by molar-refractivity contribution is 5.99. The third kappa shape index (κ3) is 7.07. The summed E-state index contributed by atoms with van der Waals surface area (Å²) < 4.78 is 20.4. The van der Waals surface area contributed by atoms with Gasteiger partial charge in [-0.15, -0.1) is 0 Å². The van der Waals surface area contributed by atoms with Crippen LogP contribution < -0.4 is 21.7 Å². The molecular formula is C26H36FN5O3. The third-order valence-electron chi connectivity index (χ3n) is 5.96. The number of ether oxygens (including phenoxy) is 1. The van der Waals surface area contributed by atoms with Crippen molar-refractivity contribution in [2.45, 2.75) is 83.5 Å². The summed E-state index contributed by atoms with van der Waals surface area (Å²) in [4.78, 5) is 29.3. The van der Waals surface area contributed by atoms with Crippen molar-refractivity contribution in [3.63, 3.8) is 0 Å². The molecule has 8 nitrogen and oxygen atoms in total. The van der Waals surface area contributed by atoms with Crippen molar-refractivity contribution in [1.29, 1.82) is 0 Å². The van der Waals surface area contributed by atoms with Gasteiger partial charge in [0, 0.05) is 6.04 Å². The smallest absolute Gasteiger partial charge is 0.407 e. The Balaban J connectivity index is 1.73. The van der Waals surface area contributed by atoms with Crippen LogP contribution in [0, 0.1) is 5.82 Å². The van der Waals surface area contributed by atoms with Gasteiger partial charge in [0.1, 0.15) is 11.4 Å². The highest BCUT2D eigenvalue weighted by Crippen LogP contribution is 2.26. The summed E-state index contributed by atoms with van der Waals surface area (Å²) in [5, 5.41) is 8.86. The van der Waals surface area contributed by atoms with Crippen LogP contribution in [-0.2, 0) is 10.3 Å². The summed E-state index contributed by atoms with van der Waals surface area (Å²) in [6.45, 7) is 9.10. The molecular weight excluding hydrogens is 449 g/mol. The Morgan fingerprint density at radius 2 is 1.69 bits per heavy atom. The average Bonchev–Trinajstić information content (AvgIpc) is 2.76. The van der Waals surface area contributed by atoms with Gasteiger partial charge in [-0.1, -0.05) is 43.2 Å². The molecule has 0 bridgehead atoms. The van der Waals surface area contributed by atoms with E-state index in [1.165, 1.54) is 0 Å². The lowest BCUT2D eigenvalue weighted by atomic mass is 9.90. The van der Waals surface area contributed by atoms with Gasteiger partial charge in [0.2, 0.25) is 0 Å². The van der Waals surface area contributed by atoms with Gasteiger partial charge in [0.15, 0.2) is 11.6 Å². The van der Waals surface area contributed by atoms with E-state index in [-0.39, 0.29) is 29.3 Å². The molecule has 0 aliphatic heterocycles. The Labute approximate surface area is 206 Å². The molecule has 0 radical (unpaired) electrons.